The lowest BCUT2D eigenvalue weighted by Gasteiger charge is -2.16. The number of amides is 1. The molecule has 4 nitrogen and oxygen atoms in total. The molecule has 1 fully saturated rings. The molecule has 4 heteroatoms. The molecule has 1 aromatic rings. The highest BCUT2D eigenvalue weighted by molar-refractivity contribution is 5.92. The third kappa shape index (κ3) is 2.04. The maximum absolute atomic E-state index is 11.9. The largest absolute Gasteiger partial charge is 0.393 e. The van der Waals surface area contributed by atoms with Gasteiger partial charge in [0.25, 0.3) is 5.91 Å². The van der Waals surface area contributed by atoms with Gasteiger partial charge in [0.15, 0.2) is 0 Å². The molecule has 15 heavy (non-hydrogen) atoms. The average Bonchev–Trinajstić information content (AvgIpc) is 2.88. The van der Waals surface area contributed by atoms with Gasteiger partial charge in [-0.25, -0.2) is 0 Å². The third-order valence-corrected chi connectivity index (χ3v) is 3.02. The summed E-state index contributed by atoms with van der Waals surface area (Å²) in [5.74, 6) is 0.257. The number of aliphatic hydroxyl groups excluding tert-OH is 1. The van der Waals surface area contributed by atoms with E-state index in [-0.39, 0.29) is 17.9 Å². The van der Waals surface area contributed by atoms with Crippen LogP contribution in [0.3, 0.4) is 0 Å². The number of hydrogen-bond acceptors (Lipinski definition) is 2. The highest BCUT2D eigenvalue weighted by atomic mass is 16.3. The fraction of sp³-hybridized carbons (Fsp3) is 0.545. The van der Waals surface area contributed by atoms with Gasteiger partial charge in [-0.2, -0.15) is 0 Å². The van der Waals surface area contributed by atoms with E-state index in [1.165, 1.54) is 0 Å². The summed E-state index contributed by atoms with van der Waals surface area (Å²) in [4.78, 5) is 16.6. The zero-order chi connectivity index (χ0) is 10.8. The van der Waals surface area contributed by atoms with Gasteiger partial charge in [0.1, 0.15) is 5.69 Å². The summed E-state index contributed by atoms with van der Waals surface area (Å²) in [6.07, 6.45) is 2.31. The van der Waals surface area contributed by atoms with Crippen LogP contribution >= 0.6 is 0 Å². The number of rotatable bonds is 2. The number of hydrogen-bond donors (Lipinski definition) is 2. The predicted octanol–water partition coefficient (Wildman–Crippen LogP) is 0.858. The van der Waals surface area contributed by atoms with Crippen molar-refractivity contribution in [2.24, 2.45) is 5.92 Å². The molecule has 1 aliphatic rings. The van der Waals surface area contributed by atoms with Gasteiger partial charge in [-0.05, 0) is 25.5 Å². The average molecular weight is 208 g/mol. The van der Waals surface area contributed by atoms with Gasteiger partial charge in [0.05, 0.1) is 6.10 Å². The quantitative estimate of drug-likeness (QED) is 0.757. The fourth-order valence-electron chi connectivity index (χ4n) is 2.00. The molecular weight excluding hydrogens is 192 g/mol. The van der Waals surface area contributed by atoms with Crippen LogP contribution in [0.5, 0.6) is 0 Å². The zero-order valence-electron chi connectivity index (χ0n) is 8.81. The normalized spacial score (nSPS) is 23.1. The molecule has 2 rings (SSSR count). The Morgan fingerprint density at radius 3 is 3.07 bits per heavy atom. The fourth-order valence-corrected chi connectivity index (χ4v) is 2.00. The Labute approximate surface area is 88.9 Å². The molecular formula is C11H16N2O2. The molecule has 0 spiro atoms. The second kappa shape index (κ2) is 4.06. The number of aromatic nitrogens is 1. The first kappa shape index (κ1) is 10.2. The number of aliphatic hydroxyl groups is 1. The highest BCUT2D eigenvalue weighted by Crippen LogP contribution is 2.20. The zero-order valence-corrected chi connectivity index (χ0v) is 8.81. The maximum Gasteiger partial charge on any atom is 0.270 e. The molecule has 2 heterocycles. The minimum absolute atomic E-state index is 0.0307. The Morgan fingerprint density at radius 1 is 1.73 bits per heavy atom. The molecule has 0 bridgehead atoms. The van der Waals surface area contributed by atoms with Crippen LogP contribution in [0.25, 0.3) is 0 Å². The van der Waals surface area contributed by atoms with Crippen LogP contribution in [0.4, 0.5) is 0 Å². The minimum atomic E-state index is -0.327. The van der Waals surface area contributed by atoms with Gasteiger partial charge in [-0.15, -0.1) is 0 Å². The van der Waals surface area contributed by atoms with Crippen molar-refractivity contribution < 1.29 is 9.90 Å². The number of H-pyrrole nitrogens is 1. The first-order chi connectivity index (χ1) is 7.18. The summed E-state index contributed by atoms with van der Waals surface area (Å²) in [6, 6.07) is 3.59. The summed E-state index contributed by atoms with van der Waals surface area (Å²) < 4.78 is 0. The van der Waals surface area contributed by atoms with E-state index in [1.54, 1.807) is 24.1 Å². The molecule has 2 N–H and O–H groups in total. The molecule has 1 saturated heterocycles. The van der Waals surface area contributed by atoms with Gasteiger partial charge in [0.2, 0.25) is 0 Å². The predicted molar refractivity (Wildman–Crippen MR) is 56.5 cm³/mol. The van der Waals surface area contributed by atoms with Crippen LogP contribution in [-0.4, -0.2) is 40.1 Å². The van der Waals surface area contributed by atoms with Crippen LogP contribution in [0.15, 0.2) is 18.3 Å². The summed E-state index contributed by atoms with van der Waals surface area (Å²) in [5, 5.41) is 9.44. The first-order valence-corrected chi connectivity index (χ1v) is 5.29. The minimum Gasteiger partial charge on any atom is -0.393 e. The molecule has 0 aliphatic carbocycles. The number of nitrogens with zero attached hydrogens (tertiary/aromatic N) is 1. The molecule has 0 radical (unpaired) electrons. The van der Waals surface area contributed by atoms with Crippen molar-refractivity contribution in [2.75, 3.05) is 13.1 Å². The third-order valence-electron chi connectivity index (χ3n) is 3.02. The smallest absolute Gasteiger partial charge is 0.270 e. The van der Waals surface area contributed by atoms with Crippen LogP contribution in [0, 0.1) is 5.92 Å². The first-order valence-electron chi connectivity index (χ1n) is 5.29. The number of aromatic amines is 1. The van der Waals surface area contributed by atoms with Crippen molar-refractivity contribution in [3.63, 3.8) is 0 Å². The Morgan fingerprint density at radius 2 is 2.53 bits per heavy atom. The van der Waals surface area contributed by atoms with Crippen molar-refractivity contribution >= 4 is 5.91 Å². The van der Waals surface area contributed by atoms with Crippen molar-refractivity contribution in [2.45, 2.75) is 19.4 Å². The van der Waals surface area contributed by atoms with Crippen LogP contribution in [0.2, 0.25) is 0 Å². The van der Waals surface area contributed by atoms with E-state index in [4.69, 9.17) is 0 Å². The van der Waals surface area contributed by atoms with E-state index < -0.39 is 0 Å². The second-order valence-corrected chi connectivity index (χ2v) is 4.12. The van der Waals surface area contributed by atoms with Crippen molar-refractivity contribution in [1.82, 2.24) is 9.88 Å². The molecule has 82 valence electrons. The monoisotopic (exact) mass is 208 g/mol. The Balaban J connectivity index is 1.99. The maximum atomic E-state index is 11.9. The number of likely N-dealkylation sites (tertiary alicyclic amines) is 1. The SMILES string of the molecule is CC(O)C1CCN(C(=O)c2ccc[nH]2)C1. The molecule has 2 atom stereocenters. The van der Waals surface area contributed by atoms with E-state index in [0.29, 0.717) is 12.2 Å². The summed E-state index contributed by atoms with van der Waals surface area (Å²) in [7, 11) is 0. The highest BCUT2D eigenvalue weighted by Gasteiger charge is 2.29. The van der Waals surface area contributed by atoms with E-state index in [9.17, 15) is 9.90 Å². The lowest BCUT2D eigenvalue weighted by atomic mass is 10.0. The van der Waals surface area contributed by atoms with E-state index in [0.717, 1.165) is 13.0 Å². The summed E-state index contributed by atoms with van der Waals surface area (Å²) in [5.41, 5.74) is 0.626. The second-order valence-electron chi connectivity index (χ2n) is 4.12. The van der Waals surface area contributed by atoms with Crippen molar-refractivity contribution in [3.8, 4) is 0 Å². The van der Waals surface area contributed by atoms with Gasteiger partial charge in [-0.3, -0.25) is 4.79 Å². The summed E-state index contributed by atoms with van der Waals surface area (Å²) in [6.45, 7) is 3.19. The van der Waals surface area contributed by atoms with E-state index in [2.05, 4.69) is 4.98 Å². The van der Waals surface area contributed by atoms with E-state index in [1.807, 2.05) is 6.07 Å². The Hall–Kier alpha value is -1.29. The number of nitrogens with one attached hydrogen (secondary N) is 1. The Kier molecular flexibility index (Phi) is 2.77. The molecule has 1 aliphatic heterocycles. The Bertz CT molecular complexity index is 332. The molecule has 2 unspecified atom stereocenters. The molecule has 1 aromatic heterocycles. The van der Waals surface area contributed by atoms with Gasteiger partial charge in [-0.1, -0.05) is 0 Å². The number of carbonyl (C=O) groups is 1. The van der Waals surface area contributed by atoms with Crippen molar-refractivity contribution in [3.05, 3.63) is 24.0 Å². The van der Waals surface area contributed by atoms with Gasteiger partial charge >= 0.3 is 0 Å². The van der Waals surface area contributed by atoms with Gasteiger partial charge in [0, 0.05) is 25.2 Å². The molecule has 1 amide bonds. The van der Waals surface area contributed by atoms with E-state index >= 15 is 0 Å². The standard InChI is InChI=1S/C11H16N2O2/c1-8(14)9-4-6-13(7-9)11(15)10-3-2-5-12-10/h2-3,5,8-9,12,14H,4,6-7H2,1H3. The lowest BCUT2D eigenvalue weighted by Crippen LogP contribution is -2.30. The molecule has 0 aromatic carbocycles. The van der Waals surface area contributed by atoms with Crippen LogP contribution in [0.1, 0.15) is 23.8 Å². The lowest BCUT2D eigenvalue weighted by molar-refractivity contribution is 0.0757. The van der Waals surface area contributed by atoms with Crippen molar-refractivity contribution in [1.29, 1.82) is 0 Å². The molecule has 0 saturated carbocycles. The van der Waals surface area contributed by atoms with Crippen LogP contribution < -0.4 is 0 Å². The van der Waals surface area contributed by atoms with Crippen LogP contribution in [-0.2, 0) is 0 Å². The summed E-state index contributed by atoms with van der Waals surface area (Å²) >= 11 is 0. The van der Waals surface area contributed by atoms with Gasteiger partial charge < -0.3 is 15.0 Å². The topological polar surface area (TPSA) is 56.3 Å². The number of carbonyl (C=O) groups excluding carboxylic acids is 1.